The lowest BCUT2D eigenvalue weighted by Gasteiger charge is -2.23. The van der Waals surface area contributed by atoms with Crippen LogP contribution in [-0.2, 0) is 16.1 Å². The summed E-state index contributed by atoms with van der Waals surface area (Å²) in [5.41, 5.74) is 4.91. The number of amides is 2. The van der Waals surface area contributed by atoms with Crippen molar-refractivity contribution < 1.29 is 9.59 Å². The highest BCUT2D eigenvalue weighted by molar-refractivity contribution is 7.22. The summed E-state index contributed by atoms with van der Waals surface area (Å²) in [7, 11) is 0. The number of anilines is 2. The molecule has 0 bridgehead atoms. The van der Waals surface area contributed by atoms with Crippen LogP contribution in [0.1, 0.15) is 23.1 Å². The van der Waals surface area contributed by atoms with Gasteiger partial charge in [-0.3, -0.25) is 19.5 Å². The molecule has 6 nitrogen and oxygen atoms in total. The number of benzene rings is 2. The molecule has 166 valence electrons. The topological polar surface area (TPSA) is 66.4 Å². The third kappa shape index (κ3) is 4.24. The quantitative estimate of drug-likeness (QED) is 0.429. The predicted octanol–water partition coefficient (Wildman–Crippen LogP) is 4.89. The van der Waals surface area contributed by atoms with Crippen LogP contribution in [0.4, 0.5) is 10.8 Å². The van der Waals surface area contributed by atoms with Crippen LogP contribution >= 0.6 is 11.3 Å². The first-order valence-corrected chi connectivity index (χ1v) is 11.7. The third-order valence-electron chi connectivity index (χ3n) is 5.92. The van der Waals surface area contributed by atoms with Crippen molar-refractivity contribution in [2.75, 3.05) is 16.3 Å². The van der Waals surface area contributed by atoms with E-state index >= 15 is 0 Å². The fourth-order valence-corrected chi connectivity index (χ4v) is 5.49. The van der Waals surface area contributed by atoms with E-state index in [2.05, 4.69) is 24.0 Å². The molecule has 1 unspecified atom stereocenters. The van der Waals surface area contributed by atoms with Gasteiger partial charge in [0.2, 0.25) is 11.8 Å². The number of para-hydroxylation sites is 1. The van der Waals surface area contributed by atoms with Gasteiger partial charge < -0.3 is 4.90 Å². The summed E-state index contributed by atoms with van der Waals surface area (Å²) in [4.78, 5) is 39.0. The molecule has 1 atom stereocenters. The number of carbonyl (C=O) groups is 2. The van der Waals surface area contributed by atoms with Gasteiger partial charge in [-0.25, -0.2) is 4.98 Å². The van der Waals surface area contributed by atoms with Crippen molar-refractivity contribution in [2.45, 2.75) is 26.8 Å². The Balaban J connectivity index is 1.49. The number of rotatable bonds is 5. The molecule has 0 saturated carbocycles. The van der Waals surface area contributed by atoms with Crippen LogP contribution in [0.25, 0.3) is 10.2 Å². The minimum atomic E-state index is -0.427. The second kappa shape index (κ2) is 8.75. The van der Waals surface area contributed by atoms with Crippen molar-refractivity contribution >= 4 is 44.2 Å². The highest BCUT2D eigenvalue weighted by Crippen LogP contribution is 2.35. The zero-order chi connectivity index (χ0) is 22.9. The van der Waals surface area contributed by atoms with E-state index < -0.39 is 5.92 Å². The van der Waals surface area contributed by atoms with Gasteiger partial charge in [0.1, 0.15) is 0 Å². The zero-order valence-electron chi connectivity index (χ0n) is 18.6. The van der Waals surface area contributed by atoms with Gasteiger partial charge in [0.15, 0.2) is 5.13 Å². The Morgan fingerprint density at radius 3 is 2.73 bits per heavy atom. The number of pyridine rings is 1. The van der Waals surface area contributed by atoms with Crippen molar-refractivity contribution in [3.63, 3.8) is 0 Å². The molecular formula is C26H24N4O2S. The summed E-state index contributed by atoms with van der Waals surface area (Å²) in [5.74, 6) is -0.542. The van der Waals surface area contributed by atoms with Crippen molar-refractivity contribution in [3.05, 3.63) is 83.7 Å². The summed E-state index contributed by atoms with van der Waals surface area (Å²) >= 11 is 1.51. The number of fused-ring (bicyclic) bond motifs is 1. The van der Waals surface area contributed by atoms with Crippen LogP contribution in [0.3, 0.4) is 0 Å². The van der Waals surface area contributed by atoms with E-state index in [1.165, 1.54) is 16.9 Å². The monoisotopic (exact) mass is 456 g/mol. The van der Waals surface area contributed by atoms with E-state index in [1.54, 1.807) is 22.2 Å². The molecule has 2 amide bonds. The SMILES string of the molecule is Cc1cc(C)c2nc(N(Cc3cccnc3)C(=O)C3CC(=O)N(c4ccccc4)C3)sc2c1. The Hall–Kier alpha value is -3.58. The van der Waals surface area contributed by atoms with Gasteiger partial charge in [0.05, 0.1) is 22.7 Å². The molecule has 0 N–H and O–H groups in total. The maximum atomic E-state index is 13.8. The second-order valence-electron chi connectivity index (χ2n) is 8.45. The molecular weight excluding hydrogens is 432 g/mol. The third-order valence-corrected chi connectivity index (χ3v) is 6.95. The Labute approximate surface area is 196 Å². The lowest BCUT2D eigenvalue weighted by atomic mass is 10.1. The zero-order valence-corrected chi connectivity index (χ0v) is 19.4. The van der Waals surface area contributed by atoms with Crippen LogP contribution in [0.15, 0.2) is 67.0 Å². The molecule has 7 heteroatoms. The molecule has 0 aliphatic carbocycles. The van der Waals surface area contributed by atoms with Gasteiger partial charge in [0.25, 0.3) is 0 Å². The Bertz CT molecular complexity index is 1320. The average molecular weight is 457 g/mol. The normalized spacial score (nSPS) is 15.9. The van der Waals surface area contributed by atoms with Gasteiger partial charge >= 0.3 is 0 Å². The van der Waals surface area contributed by atoms with E-state index in [4.69, 9.17) is 4.98 Å². The number of thiazole rings is 1. The number of hydrogen-bond acceptors (Lipinski definition) is 5. The summed E-state index contributed by atoms with van der Waals surface area (Å²) in [5, 5.41) is 0.651. The average Bonchev–Trinajstić information content (AvgIpc) is 3.42. The largest absolute Gasteiger partial charge is 0.312 e. The van der Waals surface area contributed by atoms with E-state index in [0.29, 0.717) is 18.2 Å². The molecule has 1 saturated heterocycles. The minimum Gasteiger partial charge on any atom is -0.312 e. The van der Waals surface area contributed by atoms with Crippen molar-refractivity contribution in [1.29, 1.82) is 0 Å². The van der Waals surface area contributed by atoms with Crippen LogP contribution in [0.5, 0.6) is 0 Å². The maximum Gasteiger partial charge on any atom is 0.234 e. The van der Waals surface area contributed by atoms with Gasteiger partial charge in [-0.2, -0.15) is 0 Å². The first-order chi connectivity index (χ1) is 16.0. The number of carbonyl (C=O) groups excluding carboxylic acids is 2. The van der Waals surface area contributed by atoms with Crippen LogP contribution in [0, 0.1) is 19.8 Å². The number of aromatic nitrogens is 2. The highest BCUT2D eigenvalue weighted by Gasteiger charge is 2.38. The molecule has 33 heavy (non-hydrogen) atoms. The standard InChI is InChI=1S/C26H24N4O2S/c1-17-11-18(2)24-22(12-17)33-26(28-24)30(15-19-7-6-10-27-14-19)25(32)20-13-23(31)29(16-20)21-8-4-3-5-9-21/h3-12,14,20H,13,15-16H2,1-2H3. The lowest BCUT2D eigenvalue weighted by Crippen LogP contribution is -2.37. The Morgan fingerprint density at radius 1 is 1.15 bits per heavy atom. The fourth-order valence-electron chi connectivity index (χ4n) is 4.34. The lowest BCUT2D eigenvalue weighted by molar-refractivity contribution is -0.124. The smallest absolute Gasteiger partial charge is 0.234 e. The molecule has 2 aromatic heterocycles. The van der Waals surface area contributed by atoms with E-state index in [0.717, 1.165) is 27.0 Å². The van der Waals surface area contributed by atoms with Crippen LogP contribution in [-0.4, -0.2) is 28.3 Å². The summed E-state index contributed by atoms with van der Waals surface area (Å²) in [6, 6.07) is 17.5. The van der Waals surface area contributed by atoms with E-state index in [-0.39, 0.29) is 18.2 Å². The molecule has 0 spiro atoms. The molecule has 4 aromatic rings. The van der Waals surface area contributed by atoms with Crippen molar-refractivity contribution in [2.24, 2.45) is 5.92 Å². The highest BCUT2D eigenvalue weighted by atomic mass is 32.1. The summed E-state index contributed by atoms with van der Waals surface area (Å²) in [6.45, 7) is 4.83. The number of aryl methyl sites for hydroxylation is 2. The molecule has 0 radical (unpaired) electrons. The first kappa shape index (κ1) is 21.3. The van der Waals surface area contributed by atoms with Crippen LogP contribution in [0.2, 0.25) is 0 Å². The number of nitrogens with zero attached hydrogens (tertiary/aromatic N) is 4. The molecule has 1 aliphatic heterocycles. The van der Waals surface area contributed by atoms with E-state index in [1.807, 2.05) is 49.4 Å². The molecule has 1 fully saturated rings. The minimum absolute atomic E-state index is 0.0309. The van der Waals surface area contributed by atoms with Gasteiger partial charge in [0, 0.05) is 31.0 Å². The maximum absolute atomic E-state index is 13.8. The Kier molecular flexibility index (Phi) is 5.64. The molecule has 3 heterocycles. The molecule has 2 aromatic carbocycles. The Morgan fingerprint density at radius 2 is 1.97 bits per heavy atom. The van der Waals surface area contributed by atoms with Crippen molar-refractivity contribution in [1.82, 2.24) is 9.97 Å². The molecule has 1 aliphatic rings. The van der Waals surface area contributed by atoms with Gasteiger partial charge in [-0.15, -0.1) is 0 Å². The summed E-state index contributed by atoms with van der Waals surface area (Å²) < 4.78 is 1.06. The fraction of sp³-hybridized carbons (Fsp3) is 0.231. The number of hydrogen-bond donors (Lipinski definition) is 0. The van der Waals surface area contributed by atoms with Crippen LogP contribution < -0.4 is 9.80 Å². The second-order valence-corrected chi connectivity index (χ2v) is 9.46. The predicted molar refractivity (Wildman–Crippen MR) is 131 cm³/mol. The van der Waals surface area contributed by atoms with E-state index in [9.17, 15) is 9.59 Å². The first-order valence-electron chi connectivity index (χ1n) is 10.9. The molecule has 5 rings (SSSR count). The van der Waals surface area contributed by atoms with Gasteiger partial charge in [-0.1, -0.05) is 41.7 Å². The van der Waals surface area contributed by atoms with Crippen molar-refractivity contribution in [3.8, 4) is 0 Å². The van der Waals surface area contributed by atoms with Gasteiger partial charge in [-0.05, 0) is 54.8 Å². The summed E-state index contributed by atoms with van der Waals surface area (Å²) in [6.07, 6.45) is 3.67.